The number of aromatic nitrogens is 6. The minimum Gasteiger partial charge on any atom is -0.392 e. The second kappa shape index (κ2) is 14.4. The van der Waals surface area contributed by atoms with Crippen LogP contribution >= 0.6 is 11.3 Å². The number of hydrogen-bond donors (Lipinski definition) is 2. The number of unbranched alkanes of at least 4 members (excludes halogenated alkanes) is 1. The number of likely N-dealkylation sites (N-methyl/N-ethyl adjacent to an activating group) is 1. The van der Waals surface area contributed by atoms with Crippen molar-refractivity contribution >= 4 is 27.4 Å². The van der Waals surface area contributed by atoms with Gasteiger partial charge in [-0.2, -0.15) is 10.4 Å². The maximum Gasteiger partial charge on any atom is 0.186 e. The molecule has 1 saturated heterocycles. The molecule has 5 aromatic rings. The Kier molecular flexibility index (Phi) is 10.3. The van der Waals surface area contributed by atoms with Crippen molar-refractivity contribution in [2.24, 2.45) is 0 Å². The first-order chi connectivity index (χ1) is 22.0. The highest BCUT2D eigenvalue weighted by atomic mass is 32.1. The van der Waals surface area contributed by atoms with E-state index in [1.807, 2.05) is 47.8 Å². The van der Waals surface area contributed by atoms with Crippen molar-refractivity contribution in [3.63, 3.8) is 0 Å². The summed E-state index contributed by atoms with van der Waals surface area (Å²) in [5.74, 6) is 1.66. The van der Waals surface area contributed by atoms with Gasteiger partial charge >= 0.3 is 0 Å². The van der Waals surface area contributed by atoms with Gasteiger partial charge in [0.1, 0.15) is 11.1 Å². The highest BCUT2D eigenvalue weighted by Crippen LogP contribution is 2.43. The van der Waals surface area contributed by atoms with E-state index in [-0.39, 0.29) is 6.61 Å². The number of thiophene rings is 1. The summed E-state index contributed by atoms with van der Waals surface area (Å²) in [6.45, 7) is 9.97. The van der Waals surface area contributed by atoms with Crippen LogP contribution in [0.1, 0.15) is 81.4 Å². The molecule has 3 N–H and O–H groups in total. The Hall–Kier alpha value is -4.05. The number of aliphatic hydroxyl groups excluding tert-OH is 1. The molecule has 12 heteroatoms. The number of aryl methyl sites for hydroxylation is 1. The molecule has 0 saturated carbocycles. The highest BCUT2D eigenvalue weighted by molar-refractivity contribution is 7.16. The largest absolute Gasteiger partial charge is 0.392 e. The summed E-state index contributed by atoms with van der Waals surface area (Å²) < 4.78 is 9.95. The Morgan fingerprint density at radius 2 is 2.02 bits per heavy atom. The smallest absolute Gasteiger partial charge is 0.186 e. The topological polar surface area (TPSA) is 148 Å². The van der Waals surface area contributed by atoms with Gasteiger partial charge < -0.3 is 24.8 Å². The first kappa shape index (κ1) is 32.3. The number of likely N-dealkylation sites (tertiary alicyclic amines) is 1. The SMILES string of the molecule is CC.CCCCc1c(-c2nc(-n3ccc(CO)c3)c3cnn(CC4CCCN4C)c3n2)noc1-c1c(CCC)sc(N)c1C#N. The van der Waals surface area contributed by atoms with E-state index in [0.29, 0.717) is 46.1 Å². The van der Waals surface area contributed by atoms with Crippen LogP contribution in [-0.4, -0.2) is 59.1 Å². The predicted octanol–water partition coefficient (Wildman–Crippen LogP) is 6.36. The van der Waals surface area contributed by atoms with Gasteiger partial charge in [-0.3, -0.25) is 0 Å². The van der Waals surface area contributed by atoms with Gasteiger partial charge in [-0.05, 0) is 57.3 Å². The van der Waals surface area contributed by atoms with Crippen molar-refractivity contribution in [2.75, 3.05) is 19.3 Å². The lowest BCUT2D eigenvalue weighted by atomic mass is 9.98. The van der Waals surface area contributed by atoms with Crippen LogP contribution < -0.4 is 5.73 Å². The van der Waals surface area contributed by atoms with Crippen molar-refractivity contribution in [3.05, 3.63) is 46.2 Å². The van der Waals surface area contributed by atoms with Gasteiger partial charge in [-0.25, -0.2) is 14.6 Å². The number of hydrogen-bond acceptors (Lipinski definition) is 10. The van der Waals surface area contributed by atoms with Crippen LogP contribution in [-0.2, 0) is 26.0 Å². The van der Waals surface area contributed by atoms with E-state index in [0.717, 1.165) is 77.8 Å². The van der Waals surface area contributed by atoms with Crippen LogP contribution in [0.5, 0.6) is 0 Å². The number of nitrogens with two attached hydrogens (primary N) is 1. The summed E-state index contributed by atoms with van der Waals surface area (Å²) in [5, 5.41) is 30.4. The number of aliphatic hydroxyl groups is 1. The summed E-state index contributed by atoms with van der Waals surface area (Å²) in [4.78, 5) is 13.5. The van der Waals surface area contributed by atoms with E-state index >= 15 is 0 Å². The van der Waals surface area contributed by atoms with Gasteiger partial charge in [0.25, 0.3) is 0 Å². The number of nitrogen functional groups attached to an aromatic ring is 1. The fourth-order valence-corrected chi connectivity index (χ4v) is 7.09. The van der Waals surface area contributed by atoms with E-state index in [1.165, 1.54) is 17.8 Å². The fourth-order valence-electron chi connectivity index (χ4n) is 5.97. The van der Waals surface area contributed by atoms with Crippen LogP contribution in [0.25, 0.3) is 39.7 Å². The number of nitrogens with zero attached hydrogens (tertiary/aromatic N) is 8. The molecule has 238 valence electrons. The summed E-state index contributed by atoms with van der Waals surface area (Å²) >= 11 is 1.44. The normalized spacial score (nSPS) is 15.0. The summed E-state index contributed by atoms with van der Waals surface area (Å²) in [6.07, 6.45) is 12.1. The van der Waals surface area contributed by atoms with Crippen molar-refractivity contribution in [3.8, 4) is 34.7 Å². The molecule has 1 unspecified atom stereocenters. The Labute approximate surface area is 268 Å². The average Bonchev–Trinajstić information content (AvgIpc) is 3.89. The molecule has 0 aliphatic carbocycles. The molecule has 1 aliphatic rings. The molecule has 0 aromatic carbocycles. The standard InChI is InChI=1S/C31H37N9O2S.C2H6/c1-4-6-10-21-26(37-42-27(21)25-22(14-32)28(33)43-24(25)8-5-2)29-35-30(39-13-11-19(16-39)18-41)23-15-34-40(31(23)36-29)17-20-9-7-12-38(20)3;1-2/h11,13,15-16,20,41H,4-10,12,17-18,33H2,1-3H3;1-2H3. The van der Waals surface area contributed by atoms with Gasteiger partial charge in [0.15, 0.2) is 28.7 Å². The Balaban J connectivity index is 0.00000196. The molecule has 1 atom stereocenters. The van der Waals surface area contributed by atoms with Crippen molar-refractivity contribution in [1.29, 1.82) is 5.26 Å². The molecule has 0 amide bonds. The Morgan fingerprint density at radius 3 is 2.69 bits per heavy atom. The third-order valence-electron chi connectivity index (χ3n) is 8.32. The van der Waals surface area contributed by atoms with Gasteiger partial charge in [0, 0.05) is 28.9 Å². The van der Waals surface area contributed by atoms with E-state index in [9.17, 15) is 10.4 Å². The maximum atomic E-state index is 10.0. The van der Waals surface area contributed by atoms with Gasteiger partial charge in [-0.1, -0.05) is 45.7 Å². The van der Waals surface area contributed by atoms with Gasteiger partial charge in [-0.15, -0.1) is 11.3 Å². The summed E-state index contributed by atoms with van der Waals surface area (Å²) in [5.41, 5.74) is 10.4. The van der Waals surface area contributed by atoms with Crippen LogP contribution in [0, 0.1) is 11.3 Å². The lowest BCUT2D eigenvalue weighted by Crippen LogP contribution is -2.29. The molecule has 1 fully saturated rings. The molecule has 5 aromatic heterocycles. The van der Waals surface area contributed by atoms with E-state index in [1.54, 1.807) is 0 Å². The quantitative estimate of drug-likeness (QED) is 0.170. The molecule has 0 radical (unpaired) electrons. The summed E-state index contributed by atoms with van der Waals surface area (Å²) in [7, 11) is 2.15. The van der Waals surface area contributed by atoms with Gasteiger partial charge in [0.2, 0.25) is 0 Å². The molecule has 6 rings (SSSR count). The van der Waals surface area contributed by atoms with Crippen LogP contribution in [0.15, 0.2) is 29.2 Å². The van der Waals surface area contributed by atoms with E-state index in [4.69, 9.17) is 25.3 Å². The zero-order valence-electron chi connectivity index (χ0n) is 26.9. The molecule has 11 nitrogen and oxygen atoms in total. The monoisotopic (exact) mass is 629 g/mol. The second-order valence-corrected chi connectivity index (χ2v) is 12.4. The lowest BCUT2D eigenvalue weighted by Gasteiger charge is -2.19. The first-order valence-corrected chi connectivity index (χ1v) is 16.8. The van der Waals surface area contributed by atoms with Crippen LogP contribution in [0.3, 0.4) is 0 Å². The van der Waals surface area contributed by atoms with Crippen LogP contribution in [0.4, 0.5) is 5.00 Å². The Bertz CT molecular complexity index is 1790. The average molecular weight is 630 g/mol. The maximum absolute atomic E-state index is 10.0. The third kappa shape index (κ3) is 6.25. The minimum absolute atomic E-state index is 0.0692. The Morgan fingerprint density at radius 1 is 1.20 bits per heavy atom. The van der Waals surface area contributed by atoms with Crippen molar-refractivity contribution < 1.29 is 9.63 Å². The molecule has 0 bridgehead atoms. The molecule has 6 heterocycles. The first-order valence-electron chi connectivity index (χ1n) is 16.0. The number of rotatable bonds is 11. The molecular formula is C33H43N9O2S. The number of nitriles is 1. The molecule has 1 aliphatic heterocycles. The third-order valence-corrected chi connectivity index (χ3v) is 9.40. The van der Waals surface area contributed by atoms with E-state index in [2.05, 4.69) is 37.0 Å². The number of anilines is 1. The second-order valence-electron chi connectivity index (χ2n) is 11.2. The minimum atomic E-state index is -0.0692. The molecule has 45 heavy (non-hydrogen) atoms. The van der Waals surface area contributed by atoms with Gasteiger partial charge in [0.05, 0.1) is 35.9 Å². The number of fused-ring (bicyclic) bond motifs is 1. The zero-order chi connectivity index (χ0) is 32.1. The zero-order valence-corrected chi connectivity index (χ0v) is 27.7. The van der Waals surface area contributed by atoms with Crippen LogP contribution in [0.2, 0.25) is 0 Å². The highest BCUT2D eigenvalue weighted by Gasteiger charge is 2.29. The lowest BCUT2D eigenvalue weighted by molar-refractivity contribution is 0.276. The predicted molar refractivity (Wildman–Crippen MR) is 178 cm³/mol. The fraction of sp³-hybridized carbons (Fsp3) is 0.485. The molecule has 0 spiro atoms. The summed E-state index contributed by atoms with van der Waals surface area (Å²) in [6, 6.07) is 4.55. The molecular weight excluding hydrogens is 586 g/mol. The van der Waals surface area contributed by atoms with E-state index < -0.39 is 0 Å². The van der Waals surface area contributed by atoms with Crippen molar-refractivity contribution in [2.45, 2.75) is 91.8 Å². The van der Waals surface area contributed by atoms with Crippen molar-refractivity contribution in [1.82, 2.24) is 34.4 Å².